The zero-order valence-corrected chi connectivity index (χ0v) is 11.9. The first-order valence-electron chi connectivity index (χ1n) is 6.28. The number of carbonyl (C=O) groups is 1. The molecule has 0 spiro atoms. The quantitative estimate of drug-likeness (QED) is 0.831. The average Bonchev–Trinajstić information content (AvgIpc) is 2.45. The van der Waals surface area contributed by atoms with Crippen molar-refractivity contribution in [1.29, 1.82) is 0 Å². The molecule has 0 atom stereocenters. The van der Waals surface area contributed by atoms with Gasteiger partial charge < -0.3 is 15.8 Å². The molecule has 0 saturated carbocycles. The van der Waals surface area contributed by atoms with Gasteiger partial charge in [0.15, 0.2) is 0 Å². The molecule has 0 aliphatic carbocycles. The van der Waals surface area contributed by atoms with Gasteiger partial charge in [-0.15, -0.1) is 0 Å². The van der Waals surface area contributed by atoms with Crippen molar-refractivity contribution >= 4 is 28.9 Å². The van der Waals surface area contributed by atoms with E-state index >= 15 is 0 Å². The number of hydrogen-bond acceptors (Lipinski definition) is 3. The number of rotatable bonds is 5. The lowest BCUT2D eigenvalue weighted by Gasteiger charge is -2.09. The molecule has 21 heavy (non-hydrogen) atoms. The van der Waals surface area contributed by atoms with E-state index in [0.717, 1.165) is 0 Å². The van der Waals surface area contributed by atoms with Crippen LogP contribution in [0.3, 0.4) is 0 Å². The summed E-state index contributed by atoms with van der Waals surface area (Å²) in [5.41, 5.74) is 6.67. The summed E-state index contributed by atoms with van der Waals surface area (Å²) in [6.07, 6.45) is 0.142. The first-order chi connectivity index (χ1) is 10.1. The van der Waals surface area contributed by atoms with Gasteiger partial charge in [-0.25, -0.2) is 4.39 Å². The Balaban J connectivity index is 1.82. The number of anilines is 2. The van der Waals surface area contributed by atoms with Crippen molar-refractivity contribution in [3.8, 4) is 5.75 Å². The summed E-state index contributed by atoms with van der Waals surface area (Å²) in [5, 5.41) is 2.57. The second-order valence-electron chi connectivity index (χ2n) is 4.31. The second kappa shape index (κ2) is 6.95. The van der Waals surface area contributed by atoms with Crippen LogP contribution in [0.5, 0.6) is 5.75 Å². The minimum Gasteiger partial charge on any atom is -0.491 e. The molecule has 6 heteroatoms. The highest BCUT2D eigenvalue weighted by Gasteiger charge is 2.06. The van der Waals surface area contributed by atoms with Crippen LogP contribution in [0.15, 0.2) is 42.5 Å². The number of para-hydroxylation sites is 2. The maximum Gasteiger partial charge on any atom is 0.227 e. The van der Waals surface area contributed by atoms with Gasteiger partial charge in [0.05, 0.1) is 23.7 Å². The van der Waals surface area contributed by atoms with Crippen molar-refractivity contribution < 1.29 is 13.9 Å². The van der Waals surface area contributed by atoms with Crippen LogP contribution in [0.2, 0.25) is 5.02 Å². The lowest BCUT2D eigenvalue weighted by molar-refractivity contribution is -0.116. The summed E-state index contributed by atoms with van der Waals surface area (Å²) in [6.45, 7) is 0.189. The van der Waals surface area contributed by atoms with Crippen LogP contribution in [0.1, 0.15) is 6.42 Å². The summed E-state index contributed by atoms with van der Waals surface area (Å²) < 4.78 is 18.4. The van der Waals surface area contributed by atoms with Gasteiger partial charge in [0.1, 0.15) is 11.6 Å². The van der Waals surface area contributed by atoms with Gasteiger partial charge in [0.2, 0.25) is 5.91 Å². The Kier molecular flexibility index (Phi) is 5.00. The van der Waals surface area contributed by atoms with Gasteiger partial charge in [-0.3, -0.25) is 4.79 Å². The summed E-state index contributed by atoms with van der Waals surface area (Å²) in [5.74, 6) is -0.250. The first-order valence-corrected chi connectivity index (χ1v) is 6.66. The Hall–Kier alpha value is -2.27. The normalized spacial score (nSPS) is 10.2. The minimum absolute atomic E-state index is 0.0406. The predicted molar refractivity (Wildman–Crippen MR) is 81.0 cm³/mol. The smallest absolute Gasteiger partial charge is 0.227 e. The van der Waals surface area contributed by atoms with Gasteiger partial charge in [0, 0.05) is 5.69 Å². The van der Waals surface area contributed by atoms with Gasteiger partial charge in [-0.1, -0.05) is 23.7 Å². The Morgan fingerprint density at radius 3 is 2.76 bits per heavy atom. The molecule has 2 rings (SSSR count). The van der Waals surface area contributed by atoms with Crippen molar-refractivity contribution in [3.05, 3.63) is 53.3 Å². The van der Waals surface area contributed by atoms with Gasteiger partial charge in [-0.05, 0) is 30.3 Å². The number of nitrogens with one attached hydrogen (secondary N) is 1. The average molecular weight is 309 g/mol. The molecule has 0 unspecified atom stereocenters. The third kappa shape index (κ3) is 4.36. The minimum atomic E-state index is -0.530. The molecule has 0 bridgehead atoms. The van der Waals surface area contributed by atoms with Crippen LogP contribution in [0, 0.1) is 5.82 Å². The summed E-state index contributed by atoms with van der Waals surface area (Å²) in [6, 6.07) is 11.0. The van der Waals surface area contributed by atoms with E-state index < -0.39 is 5.82 Å². The molecule has 0 aliphatic rings. The number of nitrogen functional groups attached to an aromatic ring is 1. The number of hydrogen-bond donors (Lipinski definition) is 2. The molecule has 110 valence electrons. The van der Waals surface area contributed by atoms with Crippen LogP contribution in [0.4, 0.5) is 15.8 Å². The van der Waals surface area contributed by atoms with Gasteiger partial charge >= 0.3 is 0 Å². The molecule has 0 fully saturated rings. The van der Waals surface area contributed by atoms with Gasteiger partial charge in [0.25, 0.3) is 0 Å². The van der Waals surface area contributed by atoms with E-state index in [4.69, 9.17) is 22.1 Å². The highest BCUT2D eigenvalue weighted by molar-refractivity contribution is 6.31. The number of benzene rings is 2. The number of ether oxygens (including phenoxy) is 1. The summed E-state index contributed by atoms with van der Waals surface area (Å²) in [7, 11) is 0. The fraction of sp³-hybridized carbons (Fsp3) is 0.133. The molecule has 0 aliphatic heterocycles. The molecule has 0 saturated heterocycles. The number of amides is 1. The molecule has 1 amide bonds. The summed E-state index contributed by atoms with van der Waals surface area (Å²) >= 11 is 5.63. The monoisotopic (exact) mass is 308 g/mol. The SMILES string of the molecule is Nc1ccccc1OCCC(=O)Nc1ccc(F)c(Cl)c1. The van der Waals surface area contributed by atoms with Crippen molar-refractivity contribution in [2.45, 2.75) is 6.42 Å². The standard InChI is InChI=1S/C15H14ClFN2O2/c16-11-9-10(5-6-12(11)17)19-15(20)7-8-21-14-4-2-1-3-13(14)18/h1-6,9H,7-8,18H2,(H,19,20). The largest absolute Gasteiger partial charge is 0.491 e. The molecule has 4 nitrogen and oxygen atoms in total. The van der Waals surface area contributed by atoms with E-state index in [1.165, 1.54) is 18.2 Å². The molecular weight excluding hydrogens is 295 g/mol. The molecule has 3 N–H and O–H groups in total. The predicted octanol–water partition coefficient (Wildman–Crippen LogP) is 3.47. The number of nitrogens with two attached hydrogens (primary N) is 1. The maximum absolute atomic E-state index is 13.0. The zero-order chi connectivity index (χ0) is 15.2. The lowest BCUT2D eigenvalue weighted by atomic mass is 10.3. The van der Waals surface area contributed by atoms with Crippen LogP contribution in [0.25, 0.3) is 0 Å². The zero-order valence-electron chi connectivity index (χ0n) is 11.1. The maximum atomic E-state index is 13.0. The van der Waals surface area contributed by atoms with Crippen LogP contribution in [-0.2, 0) is 4.79 Å². The topological polar surface area (TPSA) is 64.3 Å². The number of halogens is 2. The lowest BCUT2D eigenvalue weighted by Crippen LogP contribution is -2.15. The van der Waals surface area contributed by atoms with Crippen molar-refractivity contribution in [2.24, 2.45) is 0 Å². The highest BCUT2D eigenvalue weighted by atomic mass is 35.5. The fourth-order valence-electron chi connectivity index (χ4n) is 1.66. The fourth-order valence-corrected chi connectivity index (χ4v) is 1.84. The molecule has 2 aromatic rings. The Bertz CT molecular complexity index is 649. The third-order valence-electron chi connectivity index (χ3n) is 2.71. The van der Waals surface area contributed by atoms with Crippen LogP contribution >= 0.6 is 11.6 Å². The number of carbonyl (C=O) groups excluding carboxylic acids is 1. The second-order valence-corrected chi connectivity index (χ2v) is 4.72. The molecule has 2 aromatic carbocycles. The third-order valence-corrected chi connectivity index (χ3v) is 3.00. The highest BCUT2D eigenvalue weighted by Crippen LogP contribution is 2.21. The van der Waals surface area contributed by atoms with E-state index in [0.29, 0.717) is 17.1 Å². The van der Waals surface area contributed by atoms with Crippen molar-refractivity contribution in [3.63, 3.8) is 0 Å². The van der Waals surface area contributed by atoms with Crippen LogP contribution < -0.4 is 15.8 Å². The van der Waals surface area contributed by atoms with Crippen molar-refractivity contribution in [1.82, 2.24) is 0 Å². The summed E-state index contributed by atoms with van der Waals surface area (Å²) in [4.78, 5) is 11.7. The van der Waals surface area contributed by atoms with E-state index in [1.54, 1.807) is 24.3 Å². The van der Waals surface area contributed by atoms with E-state index in [2.05, 4.69) is 5.32 Å². The molecule has 0 heterocycles. The Morgan fingerprint density at radius 2 is 2.05 bits per heavy atom. The van der Waals surface area contributed by atoms with Gasteiger partial charge in [-0.2, -0.15) is 0 Å². The van der Waals surface area contributed by atoms with E-state index in [-0.39, 0.29) is 24.0 Å². The van der Waals surface area contributed by atoms with E-state index in [1.807, 2.05) is 0 Å². The molecule has 0 radical (unpaired) electrons. The van der Waals surface area contributed by atoms with Crippen LogP contribution in [-0.4, -0.2) is 12.5 Å². The Morgan fingerprint density at radius 1 is 1.29 bits per heavy atom. The molecule has 0 aromatic heterocycles. The Labute approximate surface area is 126 Å². The van der Waals surface area contributed by atoms with E-state index in [9.17, 15) is 9.18 Å². The molecular formula is C15H14ClFN2O2. The first kappa shape index (κ1) is 15.1. The van der Waals surface area contributed by atoms with Crippen molar-refractivity contribution in [2.75, 3.05) is 17.7 Å².